The number of rotatable bonds is 3. The monoisotopic (exact) mass is 252 g/mol. The van der Waals surface area contributed by atoms with Crippen molar-refractivity contribution in [2.45, 2.75) is 24.7 Å². The minimum absolute atomic E-state index is 0.0499. The normalized spacial score (nSPS) is 16.4. The molecule has 2 rings (SSSR count). The predicted molar refractivity (Wildman–Crippen MR) is 63.2 cm³/mol. The summed E-state index contributed by atoms with van der Waals surface area (Å²) >= 11 is 0. The third-order valence-electron chi connectivity index (χ3n) is 2.73. The Hall–Kier alpha value is -1.62. The number of carboxylic acid groups (broad SMARTS) is 1. The van der Waals surface area contributed by atoms with E-state index < -0.39 is 15.8 Å². The van der Waals surface area contributed by atoms with Crippen molar-refractivity contribution in [2.24, 2.45) is 0 Å². The topological polar surface area (TPSA) is 71.4 Å². The summed E-state index contributed by atoms with van der Waals surface area (Å²) in [4.78, 5) is 10.8. The smallest absolute Gasteiger partial charge is 0.303 e. The lowest BCUT2D eigenvalue weighted by Crippen LogP contribution is -1.99. The van der Waals surface area contributed by atoms with Crippen LogP contribution in [-0.4, -0.2) is 19.5 Å². The first kappa shape index (κ1) is 11.9. The lowest BCUT2D eigenvalue weighted by Gasteiger charge is -2.04. The third kappa shape index (κ3) is 2.24. The maximum Gasteiger partial charge on any atom is 0.303 e. The van der Waals surface area contributed by atoms with Gasteiger partial charge >= 0.3 is 5.97 Å². The first-order valence-electron chi connectivity index (χ1n) is 5.18. The van der Waals surface area contributed by atoms with Crippen LogP contribution in [-0.2, 0) is 21.1 Å². The second kappa shape index (κ2) is 4.00. The average molecular weight is 252 g/mol. The van der Waals surface area contributed by atoms with E-state index in [9.17, 15) is 13.2 Å². The zero-order valence-electron chi connectivity index (χ0n) is 9.30. The van der Waals surface area contributed by atoms with E-state index in [1.807, 2.05) is 0 Å². The van der Waals surface area contributed by atoms with Gasteiger partial charge in [-0.3, -0.25) is 4.79 Å². The molecule has 1 heterocycles. The van der Waals surface area contributed by atoms with E-state index in [0.29, 0.717) is 22.5 Å². The number of carbonyl (C=O) groups is 1. The van der Waals surface area contributed by atoms with E-state index in [0.717, 1.165) is 5.56 Å². The standard InChI is InChI=1S/C12H12O4S/c1-8-7-17(15,16)11-4-2-9(6-10(8)11)3-5-12(13)14/h2,4,6-7H,3,5H2,1H3,(H,13,14). The van der Waals surface area contributed by atoms with Crippen LogP contribution >= 0.6 is 0 Å². The Kier molecular flexibility index (Phi) is 2.79. The molecule has 0 amide bonds. The van der Waals surface area contributed by atoms with Crippen LogP contribution in [0.5, 0.6) is 0 Å². The molecule has 17 heavy (non-hydrogen) atoms. The molecule has 1 aromatic carbocycles. The Morgan fingerprint density at radius 3 is 2.71 bits per heavy atom. The lowest BCUT2D eigenvalue weighted by molar-refractivity contribution is -0.136. The maximum atomic E-state index is 11.7. The van der Waals surface area contributed by atoms with Gasteiger partial charge in [-0.15, -0.1) is 0 Å². The molecule has 0 atom stereocenters. The Bertz CT molecular complexity index is 611. The van der Waals surface area contributed by atoms with Gasteiger partial charge in [-0.2, -0.15) is 0 Å². The summed E-state index contributed by atoms with van der Waals surface area (Å²) in [5.74, 6) is -0.856. The highest BCUT2D eigenvalue weighted by Gasteiger charge is 2.24. The zero-order chi connectivity index (χ0) is 12.6. The molecule has 4 nitrogen and oxygen atoms in total. The quantitative estimate of drug-likeness (QED) is 0.891. The number of allylic oxidation sites excluding steroid dienone is 1. The Morgan fingerprint density at radius 1 is 1.35 bits per heavy atom. The van der Waals surface area contributed by atoms with Gasteiger partial charge in [0.05, 0.1) is 4.90 Å². The van der Waals surface area contributed by atoms with Crippen molar-refractivity contribution < 1.29 is 18.3 Å². The molecule has 0 aliphatic carbocycles. The molecule has 90 valence electrons. The summed E-state index contributed by atoms with van der Waals surface area (Å²) in [5, 5.41) is 9.84. The van der Waals surface area contributed by atoms with Gasteiger partial charge in [-0.25, -0.2) is 8.42 Å². The number of hydrogen-bond acceptors (Lipinski definition) is 3. The summed E-state index contributed by atoms with van der Waals surface area (Å²) in [6.07, 6.45) is 0.463. The summed E-state index contributed by atoms with van der Waals surface area (Å²) in [6, 6.07) is 4.98. The van der Waals surface area contributed by atoms with Crippen LogP contribution < -0.4 is 0 Å². The molecule has 1 aliphatic heterocycles. The summed E-state index contributed by atoms with van der Waals surface area (Å²) in [7, 11) is -3.28. The van der Waals surface area contributed by atoms with Crippen molar-refractivity contribution >= 4 is 21.4 Å². The molecule has 0 saturated heterocycles. The van der Waals surface area contributed by atoms with Crippen molar-refractivity contribution in [3.05, 3.63) is 34.7 Å². The fourth-order valence-electron chi connectivity index (χ4n) is 1.90. The van der Waals surface area contributed by atoms with Gasteiger partial charge < -0.3 is 5.11 Å². The summed E-state index contributed by atoms with van der Waals surface area (Å²) in [5.41, 5.74) is 2.24. The lowest BCUT2D eigenvalue weighted by atomic mass is 10.0. The van der Waals surface area contributed by atoms with E-state index in [1.54, 1.807) is 25.1 Å². The van der Waals surface area contributed by atoms with Crippen LogP contribution in [0.2, 0.25) is 0 Å². The first-order chi connectivity index (χ1) is 7.90. The Morgan fingerprint density at radius 2 is 2.06 bits per heavy atom. The third-order valence-corrected chi connectivity index (χ3v) is 4.37. The fraction of sp³-hybridized carbons (Fsp3) is 0.250. The first-order valence-corrected chi connectivity index (χ1v) is 6.73. The van der Waals surface area contributed by atoms with Crippen molar-refractivity contribution in [3.8, 4) is 0 Å². The largest absolute Gasteiger partial charge is 0.481 e. The van der Waals surface area contributed by atoms with Gasteiger partial charge in [0.25, 0.3) is 0 Å². The van der Waals surface area contributed by atoms with Crippen LogP contribution in [0.4, 0.5) is 0 Å². The Labute approximate surface area is 99.5 Å². The molecule has 1 aromatic rings. The molecule has 5 heteroatoms. The van der Waals surface area contributed by atoms with Crippen LogP contribution in [0, 0.1) is 0 Å². The van der Waals surface area contributed by atoms with E-state index in [4.69, 9.17) is 5.11 Å². The molecule has 0 fully saturated rings. The molecule has 1 aliphatic rings. The molecule has 0 spiro atoms. The number of aliphatic carboxylic acids is 1. The van der Waals surface area contributed by atoms with Gasteiger partial charge in [0.15, 0.2) is 0 Å². The van der Waals surface area contributed by atoms with E-state index in [2.05, 4.69) is 0 Å². The second-order valence-electron chi connectivity index (χ2n) is 4.07. The number of carboxylic acids is 1. The molecular formula is C12H12O4S. The average Bonchev–Trinajstić information content (AvgIpc) is 2.46. The highest BCUT2D eigenvalue weighted by molar-refractivity contribution is 7.95. The maximum absolute atomic E-state index is 11.7. The van der Waals surface area contributed by atoms with Crippen molar-refractivity contribution in [1.29, 1.82) is 0 Å². The van der Waals surface area contributed by atoms with Gasteiger partial charge in [0, 0.05) is 11.8 Å². The fourth-order valence-corrected chi connectivity index (χ4v) is 3.40. The number of fused-ring (bicyclic) bond motifs is 1. The molecule has 0 saturated carbocycles. The van der Waals surface area contributed by atoms with E-state index in [1.165, 1.54) is 5.41 Å². The molecule has 0 aromatic heterocycles. The second-order valence-corrected chi connectivity index (χ2v) is 5.84. The number of aryl methyl sites for hydroxylation is 1. The molecule has 0 unspecified atom stereocenters. The van der Waals surface area contributed by atoms with Crippen LogP contribution in [0.1, 0.15) is 24.5 Å². The number of hydrogen-bond donors (Lipinski definition) is 1. The highest BCUT2D eigenvalue weighted by atomic mass is 32.2. The number of sulfone groups is 1. The van der Waals surface area contributed by atoms with Crippen molar-refractivity contribution in [3.63, 3.8) is 0 Å². The molecular weight excluding hydrogens is 240 g/mol. The van der Waals surface area contributed by atoms with E-state index >= 15 is 0 Å². The van der Waals surface area contributed by atoms with Gasteiger partial charge in [0.2, 0.25) is 9.84 Å². The zero-order valence-corrected chi connectivity index (χ0v) is 10.1. The molecule has 1 N–H and O–H groups in total. The molecule has 0 radical (unpaired) electrons. The SMILES string of the molecule is CC1=CS(=O)(=O)c2ccc(CCC(=O)O)cc21. The van der Waals surface area contributed by atoms with Gasteiger partial charge in [-0.1, -0.05) is 12.1 Å². The molecule has 0 bridgehead atoms. The van der Waals surface area contributed by atoms with Gasteiger partial charge in [-0.05, 0) is 36.1 Å². The Balaban J connectivity index is 2.37. The summed E-state index contributed by atoms with van der Waals surface area (Å²) < 4.78 is 23.3. The van der Waals surface area contributed by atoms with Crippen molar-refractivity contribution in [2.75, 3.05) is 0 Å². The minimum Gasteiger partial charge on any atom is -0.481 e. The minimum atomic E-state index is -3.28. The summed E-state index contributed by atoms with van der Waals surface area (Å²) in [6.45, 7) is 1.74. The van der Waals surface area contributed by atoms with Crippen LogP contribution in [0.15, 0.2) is 28.5 Å². The van der Waals surface area contributed by atoms with E-state index in [-0.39, 0.29) is 6.42 Å². The van der Waals surface area contributed by atoms with Gasteiger partial charge in [0.1, 0.15) is 0 Å². The van der Waals surface area contributed by atoms with Crippen LogP contribution in [0.3, 0.4) is 0 Å². The number of benzene rings is 1. The van der Waals surface area contributed by atoms with Crippen LogP contribution in [0.25, 0.3) is 5.57 Å². The predicted octanol–water partition coefficient (Wildman–Crippen LogP) is 1.85. The van der Waals surface area contributed by atoms with Crippen molar-refractivity contribution in [1.82, 2.24) is 0 Å². The highest BCUT2D eigenvalue weighted by Crippen LogP contribution is 2.33.